The highest BCUT2D eigenvalue weighted by molar-refractivity contribution is 7.18. The van der Waals surface area contributed by atoms with Crippen LogP contribution >= 0.6 is 11.3 Å². The Balaban J connectivity index is 1.53. The summed E-state index contributed by atoms with van der Waals surface area (Å²) in [5.41, 5.74) is 2.96. The lowest BCUT2D eigenvalue weighted by Crippen LogP contribution is -2.35. The van der Waals surface area contributed by atoms with Crippen molar-refractivity contribution in [2.75, 3.05) is 31.2 Å². The maximum absolute atomic E-state index is 12.8. The van der Waals surface area contributed by atoms with Crippen LogP contribution in [-0.4, -0.2) is 37.1 Å². The SMILES string of the molecule is O=C(NCc1ccc([N+](=O)[O-])cc1)c1cc(-c2ccccc2)c(N2CCOCC2)s1. The zero-order valence-electron chi connectivity index (χ0n) is 16.2. The molecule has 8 heteroatoms. The number of amides is 1. The van der Waals surface area contributed by atoms with Gasteiger partial charge in [-0.1, -0.05) is 42.5 Å². The average molecular weight is 423 g/mol. The van der Waals surface area contributed by atoms with Crippen molar-refractivity contribution < 1.29 is 14.5 Å². The van der Waals surface area contributed by atoms with Gasteiger partial charge in [-0.15, -0.1) is 11.3 Å². The molecule has 1 amide bonds. The molecule has 0 atom stereocenters. The number of nitrogens with one attached hydrogen (secondary N) is 1. The highest BCUT2D eigenvalue weighted by atomic mass is 32.1. The predicted molar refractivity (Wildman–Crippen MR) is 117 cm³/mol. The van der Waals surface area contributed by atoms with Gasteiger partial charge in [0.15, 0.2) is 0 Å². The molecule has 1 aliphatic heterocycles. The van der Waals surface area contributed by atoms with E-state index in [4.69, 9.17) is 4.74 Å². The monoisotopic (exact) mass is 423 g/mol. The fourth-order valence-corrected chi connectivity index (χ4v) is 4.47. The molecule has 0 bridgehead atoms. The Labute approximate surface area is 178 Å². The third kappa shape index (κ3) is 4.50. The van der Waals surface area contributed by atoms with Crippen LogP contribution in [0.2, 0.25) is 0 Å². The van der Waals surface area contributed by atoms with E-state index >= 15 is 0 Å². The minimum absolute atomic E-state index is 0.0333. The Bertz CT molecular complexity index is 1030. The second kappa shape index (κ2) is 9.06. The summed E-state index contributed by atoms with van der Waals surface area (Å²) >= 11 is 1.48. The molecule has 0 saturated carbocycles. The van der Waals surface area contributed by atoms with Gasteiger partial charge in [0.2, 0.25) is 0 Å². The predicted octanol–water partition coefficient (Wildman–Crippen LogP) is 4.09. The second-order valence-electron chi connectivity index (χ2n) is 6.90. The molecule has 1 fully saturated rings. The molecule has 4 rings (SSSR count). The van der Waals surface area contributed by atoms with Crippen LogP contribution in [0, 0.1) is 10.1 Å². The fraction of sp³-hybridized carbons (Fsp3) is 0.227. The van der Waals surface area contributed by atoms with E-state index in [1.807, 2.05) is 36.4 Å². The van der Waals surface area contributed by atoms with Gasteiger partial charge in [0, 0.05) is 37.3 Å². The molecule has 30 heavy (non-hydrogen) atoms. The van der Waals surface area contributed by atoms with Crippen LogP contribution in [0.3, 0.4) is 0 Å². The molecule has 7 nitrogen and oxygen atoms in total. The van der Waals surface area contributed by atoms with Crippen molar-refractivity contribution in [3.63, 3.8) is 0 Å². The van der Waals surface area contributed by atoms with Gasteiger partial charge >= 0.3 is 0 Å². The molecule has 154 valence electrons. The lowest BCUT2D eigenvalue weighted by Gasteiger charge is -2.28. The zero-order valence-corrected chi connectivity index (χ0v) is 17.1. The van der Waals surface area contributed by atoms with Gasteiger partial charge in [0.25, 0.3) is 11.6 Å². The van der Waals surface area contributed by atoms with Crippen LogP contribution in [0.1, 0.15) is 15.2 Å². The Kier molecular flexibility index (Phi) is 6.06. The normalized spacial score (nSPS) is 13.8. The number of carbonyl (C=O) groups excluding carboxylic acids is 1. The van der Waals surface area contributed by atoms with Crippen LogP contribution in [0.25, 0.3) is 11.1 Å². The van der Waals surface area contributed by atoms with Crippen molar-refractivity contribution in [1.29, 1.82) is 0 Å². The molecular formula is C22H21N3O4S. The number of ether oxygens (including phenoxy) is 1. The molecule has 1 aromatic heterocycles. The van der Waals surface area contributed by atoms with Crippen LogP contribution in [0.5, 0.6) is 0 Å². The van der Waals surface area contributed by atoms with Crippen LogP contribution < -0.4 is 10.2 Å². The number of thiophene rings is 1. The van der Waals surface area contributed by atoms with Gasteiger partial charge in [-0.2, -0.15) is 0 Å². The van der Waals surface area contributed by atoms with E-state index in [1.54, 1.807) is 12.1 Å². The molecule has 0 unspecified atom stereocenters. The van der Waals surface area contributed by atoms with E-state index in [1.165, 1.54) is 23.5 Å². The number of anilines is 1. The van der Waals surface area contributed by atoms with Gasteiger partial charge in [0.1, 0.15) is 0 Å². The number of hydrogen-bond donors (Lipinski definition) is 1. The van der Waals surface area contributed by atoms with Crippen molar-refractivity contribution >= 4 is 27.9 Å². The lowest BCUT2D eigenvalue weighted by molar-refractivity contribution is -0.384. The first kappa shape index (κ1) is 20.1. The van der Waals surface area contributed by atoms with E-state index in [0.717, 1.165) is 34.8 Å². The zero-order chi connectivity index (χ0) is 20.9. The Morgan fingerprint density at radius 3 is 2.47 bits per heavy atom. The van der Waals surface area contributed by atoms with Gasteiger partial charge in [-0.05, 0) is 17.2 Å². The van der Waals surface area contributed by atoms with Gasteiger partial charge in [0.05, 0.1) is 28.0 Å². The van der Waals surface area contributed by atoms with E-state index in [-0.39, 0.29) is 11.6 Å². The van der Waals surface area contributed by atoms with E-state index in [2.05, 4.69) is 10.2 Å². The van der Waals surface area contributed by atoms with E-state index in [9.17, 15) is 14.9 Å². The highest BCUT2D eigenvalue weighted by Crippen LogP contribution is 2.39. The summed E-state index contributed by atoms with van der Waals surface area (Å²) < 4.78 is 5.47. The summed E-state index contributed by atoms with van der Waals surface area (Å²) in [4.78, 5) is 26.1. The van der Waals surface area contributed by atoms with E-state index in [0.29, 0.717) is 24.6 Å². The minimum atomic E-state index is -0.438. The number of nitro benzene ring substituents is 1. The molecule has 1 N–H and O–H groups in total. The Morgan fingerprint density at radius 2 is 1.80 bits per heavy atom. The fourth-order valence-electron chi connectivity index (χ4n) is 3.32. The third-order valence-corrected chi connectivity index (χ3v) is 6.11. The summed E-state index contributed by atoms with van der Waals surface area (Å²) in [5, 5.41) is 14.8. The number of rotatable bonds is 6. The lowest BCUT2D eigenvalue weighted by atomic mass is 10.1. The molecule has 1 saturated heterocycles. The van der Waals surface area contributed by atoms with Crippen LogP contribution in [0.15, 0.2) is 60.7 Å². The molecule has 2 aromatic carbocycles. The first-order valence-electron chi connectivity index (χ1n) is 9.65. The Morgan fingerprint density at radius 1 is 1.10 bits per heavy atom. The topological polar surface area (TPSA) is 84.7 Å². The maximum atomic E-state index is 12.8. The average Bonchev–Trinajstić information content (AvgIpc) is 3.24. The smallest absolute Gasteiger partial charge is 0.269 e. The van der Waals surface area contributed by atoms with Crippen molar-refractivity contribution in [1.82, 2.24) is 5.32 Å². The molecule has 1 aliphatic rings. The van der Waals surface area contributed by atoms with Crippen molar-refractivity contribution in [3.8, 4) is 11.1 Å². The molecule has 2 heterocycles. The largest absolute Gasteiger partial charge is 0.378 e. The Hall–Kier alpha value is -3.23. The minimum Gasteiger partial charge on any atom is -0.378 e. The number of nitro groups is 1. The van der Waals surface area contributed by atoms with Crippen LogP contribution in [0.4, 0.5) is 10.7 Å². The summed E-state index contributed by atoms with van der Waals surface area (Å²) in [6.45, 7) is 3.25. The van der Waals surface area contributed by atoms with Gasteiger partial charge in [-0.3, -0.25) is 14.9 Å². The van der Waals surface area contributed by atoms with Crippen molar-refractivity contribution in [2.24, 2.45) is 0 Å². The van der Waals surface area contributed by atoms with Gasteiger partial charge in [-0.25, -0.2) is 0 Å². The number of morpholine rings is 1. The highest BCUT2D eigenvalue weighted by Gasteiger charge is 2.21. The molecule has 3 aromatic rings. The third-order valence-electron chi connectivity index (χ3n) is 4.92. The number of non-ortho nitro benzene ring substituents is 1. The molecule has 0 aliphatic carbocycles. The van der Waals surface area contributed by atoms with Crippen LogP contribution in [-0.2, 0) is 11.3 Å². The summed E-state index contributed by atoms with van der Waals surface area (Å²) in [7, 11) is 0. The molecular weight excluding hydrogens is 402 g/mol. The summed E-state index contributed by atoms with van der Waals surface area (Å²) in [6.07, 6.45) is 0. The summed E-state index contributed by atoms with van der Waals surface area (Å²) in [6, 6.07) is 18.2. The second-order valence-corrected chi connectivity index (χ2v) is 7.93. The molecule has 0 spiro atoms. The maximum Gasteiger partial charge on any atom is 0.269 e. The number of carbonyl (C=O) groups is 1. The number of hydrogen-bond acceptors (Lipinski definition) is 6. The number of nitrogens with zero attached hydrogens (tertiary/aromatic N) is 2. The standard InChI is InChI=1S/C22H21N3O4S/c26-21(23-15-16-6-8-18(9-7-16)25(27)28)20-14-19(17-4-2-1-3-5-17)22(30-20)24-10-12-29-13-11-24/h1-9,14H,10-13,15H2,(H,23,26). The van der Waals surface area contributed by atoms with E-state index < -0.39 is 4.92 Å². The molecule has 0 radical (unpaired) electrons. The first-order chi connectivity index (χ1) is 14.6. The van der Waals surface area contributed by atoms with Gasteiger partial charge < -0.3 is 15.0 Å². The van der Waals surface area contributed by atoms with Crippen molar-refractivity contribution in [3.05, 3.63) is 81.2 Å². The van der Waals surface area contributed by atoms with Crippen molar-refractivity contribution in [2.45, 2.75) is 6.54 Å². The summed E-state index contributed by atoms with van der Waals surface area (Å²) in [5.74, 6) is -0.157. The number of benzene rings is 2. The quantitative estimate of drug-likeness (QED) is 0.477. The first-order valence-corrected chi connectivity index (χ1v) is 10.5.